The Kier molecular flexibility index (Phi) is 2.85. The van der Waals surface area contributed by atoms with Crippen LogP contribution in [-0.2, 0) is 0 Å². The number of rotatable bonds is 2. The molecule has 0 aliphatic carbocycles. The lowest BCUT2D eigenvalue weighted by molar-refractivity contribution is 0.103. The van der Waals surface area contributed by atoms with E-state index >= 15 is 0 Å². The molecule has 1 aromatic heterocycles. The Balaban J connectivity index is 1.87. The number of benzene rings is 1. The van der Waals surface area contributed by atoms with Crippen LogP contribution in [-0.4, -0.2) is 12.7 Å². The van der Waals surface area contributed by atoms with Crippen molar-refractivity contribution in [3.63, 3.8) is 0 Å². The van der Waals surface area contributed by atoms with Crippen LogP contribution in [0.15, 0.2) is 29.6 Å². The number of ether oxygens (including phenoxy) is 2. The van der Waals surface area contributed by atoms with Crippen LogP contribution in [0.25, 0.3) is 0 Å². The average molecular weight is 282 g/mol. The number of carbonyl (C=O) groups excluding carboxylic acids is 1. The average Bonchev–Trinajstić information content (AvgIpc) is 2.98. The maximum Gasteiger partial charge on any atom is 0.265 e. The van der Waals surface area contributed by atoms with E-state index in [0.29, 0.717) is 27.1 Å². The number of halogens is 1. The molecule has 0 bridgehead atoms. The smallest absolute Gasteiger partial charge is 0.265 e. The van der Waals surface area contributed by atoms with E-state index in [1.54, 1.807) is 18.2 Å². The number of anilines is 1. The van der Waals surface area contributed by atoms with Crippen LogP contribution < -0.4 is 14.8 Å². The van der Waals surface area contributed by atoms with Crippen molar-refractivity contribution in [2.24, 2.45) is 0 Å². The molecule has 1 N–H and O–H groups in total. The number of amides is 1. The van der Waals surface area contributed by atoms with Crippen LogP contribution in [0.2, 0.25) is 5.02 Å². The van der Waals surface area contributed by atoms with E-state index in [4.69, 9.17) is 21.1 Å². The number of thiophene rings is 1. The van der Waals surface area contributed by atoms with Gasteiger partial charge in [-0.25, -0.2) is 0 Å². The summed E-state index contributed by atoms with van der Waals surface area (Å²) < 4.78 is 10.4. The predicted molar refractivity (Wildman–Crippen MR) is 69.8 cm³/mol. The first-order valence-corrected chi connectivity index (χ1v) is 6.44. The van der Waals surface area contributed by atoms with Crippen molar-refractivity contribution >= 4 is 34.5 Å². The summed E-state index contributed by atoms with van der Waals surface area (Å²) in [5, 5.41) is 5.01. The van der Waals surface area contributed by atoms with E-state index in [1.807, 2.05) is 11.4 Å². The Labute approximate surface area is 112 Å². The highest BCUT2D eigenvalue weighted by molar-refractivity contribution is 7.12. The maximum atomic E-state index is 11.9. The molecule has 92 valence electrons. The Bertz CT molecular complexity index is 598. The summed E-state index contributed by atoms with van der Waals surface area (Å²) in [5.41, 5.74) is 0.513. The maximum absolute atomic E-state index is 11.9. The summed E-state index contributed by atoms with van der Waals surface area (Å²) in [5.74, 6) is 0.987. The number of hydrogen-bond acceptors (Lipinski definition) is 4. The lowest BCUT2D eigenvalue weighted by atomic mass is 10.2. The Hall–Kier alpha value is -1.72. The molecule has 0 saturated heterocycles. The third-order valence-electron chi connectivity index (χ3n) is 2.46. The van der Waals surface area contributed by atoms with E-state index in [0.717, 1.165) is 0 Å². The van der Waals surface area contributed by atoms with Crippen molar-refractivity contribution < 1.29 is 14.3 Å². The first kappa shape index (κ1) is 11.4. The van der Waals surface area contributed by atoms with E-state index in [1.165, 1.54) is 11.3 Å². The molecule has 6 heteroatoms. The molecule has 3 rings (SSSR count). The highest BCUT2D eigenvalue weighted by Crippen LogP contribution is 2.39. The summed E-state index contributed by atoms with van der Waals surface area (Å²) in [6.07, 6.45) is 0. The van der Waals surface area contributed by atoms with Gasteiger partial charge in [0.15, 0.2) is 11.5 Å². The Morgan fingerprint density at radius 2 is 2.11 bits per heavy atom. The summed E-state index contributed by atoms with van der Waals surface area (Å²) in [6, 6.07) is 6.87. The van der Waals surface area contributed by atoms with Gasteiger partial charge in [-0.15, -0.1) is 11.3 Å². The van der Waals surface area contributed by atoms with E-state index in [-0.39, 0.29) is 12.7 Å². The van der Waals surface area contributed by atoms with Crippen LogP contribution >= 0.6 is 22.9 Å². The van der Waals surface area contributed by atoms with Crippen LogP contribution in [0.5, 0.6) is 11.5 Å². The molecule has 2 heterocycles. The molecule has 2 aromatic rings. The molecule has 4 nitrogen and oxygen atoms in total. The van der Waals surface area contributed by atoms with Gasteiger partial charge in [0.2, 0.25) is 6.79 Å². The van der Waals surface area contributed by atoms with E-state index in [2.05, 4.69) is 5.32 Å². The number of fused-ring (bicyclic) bond motifs is 1. The molecule has 1 aliphatic rings. The topological polar surface area (TPSA) is 47.6 Å². The highest BCUT2D eigenvalue weighted by atomic mass is 35.5. The molecule has 0 radical (unpaired) electrons. The van der Waals surface area contributed by atoms with Crippen LogP contribution in [0, 0.1) is 0 Å². The van der Waals surface area contributed by atoms with Crippen molar-refractivity contribution in [1.29, 1.82) is 0 Å². The predicted octanol–water partition coefficient (Wildman–Crippen LogP) is 3.38. The fraction of sp³-hybridized carbons (Fsp3) is 0.0833. The summed E-state index contributed by atoms with van der Waals surface area (Å²) in [7, 11) is 0. The molecule has 1 aliphatic heterocycles. The number of nitrogens with one attached hydrogen (secondary N) is 1. The fourth-order valence-electron chi connectivity index (χ4n) is 1.60. The molecule has 1 amide bonds. The first-order valence-electron chi connectivity index (χ1n) is 5.18. The molecule has 0 atom stereocenters. The van der Waals surface area contributed by atoms with Crippen molar-refractivity contribution in [1.82, 2.24) is 0 Å². The van der Waals surface area contributed by atoms with Gasteiger partial charge in [0.05, 0.1) is 15.6 Å². The monoisotopic (exact) mass is 281 g/mol. The zero-order chi connectivity index (χ0) is 12.5. The third kappa shape index (κ3) is 2.02. The lowest BCUT2D eigenvalue weighted by Gasteiger charge is -2.07. The minimum atomic E-state index is -0.189. The van der Waals surface area contributed by atoms with Crippen molar-refractivity contribution in [2.75, 3.05) is 12.1 Å². The normalized spacial score (nSPS) is 12.5. The molecular weight excluding hydrogens is 274 g/mol. The quantitative estimate of drug-likeness (QED) is 0.918. The highest BCUT2D eigenvalue weighted by Gasteiger charge is 2.18. The lowest BCUT2D eigenvalue weighted by Crippen LogP contribution is -2.10. The molecule has 18 heavy (non-hydrogen) atoms. The Morgan fingerprint density at radius 3 is 2.83 bits per heavy atom. The van der Waals surface area contributed by atoms with Gasteiger partial charge in [-0.1, -0.05) is 17.7 Å². The van der Waals surface area contributed by atoms with Gasteiger partial charge in [-0.3, -0.25) is 4.79 Å². The van der Waals surface area contributed by atoms with Gasteiger partial charge in [-0.05, 0) is 11.4 Å². The third-order valence-corrected chi connectivity index (χ3v) is 3.64. The zero-order valence-corrected chi connectivity index (χ0v) is 10.7. The van der Waals surface area contributed by atoms with Crippen molar-refractivity contribution in [3.05, 3.63) is 39.5 Å². The van der Waals surface area contributed by atoms with E-state index in [9.17, 15) is 4.79 Å². The minimum Gasteiger partial charge on any atom is -0.454 e. The second kappa shape index (κ2) is 4.51. The Morgan fingerprint density at radius 1 is 1.33 bits per heavy atom. The second-order valence-electron chi connectivity index (χ2n) is 3.62. The zero-order valence-electron chi connectivity index (χ0n) is 9.10. The standard InChI is InChI=1S/C12H8ClNO3S/c13-7-4-9-10(17-6-16-9)5-8(7)14-12(15)11-2-1-3-18-11/h1-5H,6H2,(H,14,15). The fourth-order valence-corrected chi connectivity index (χ4v) is 2.42. The molecule has 0 saturated carbocycles. The van der Waals surface area contributed by atoms with Crippen molar-refractivity contribution in [3.8, 4) is 11.5 Å². The van der Waals surface area contributed by atoms with Gasteiger partial charge < -0.3 is 14.8 Å². The van der Waals surface area contributed by atoms with Gasteiger partial charge >= 0.3 is 0 Å². The van der Waals surface area contributed by atoms with Crippen LogP contribution in [0.3, 0.4) is 0 Å². The van der Waals surface area contributed by atoms with Crippen LogP contribution in [0.4, 0.5) is 5.69 Å². The summed E-state index contributed by atoms with van der Waals surface area (Å²) >= 11 is 7.44. The second-order valence-corrected chi connectivity index (χ2v) is 4.97. The minimum absolute atomic E-state index is 0.175. The van der Waals surface area contributed by atoms with Crippen LogP contribution in [0.1, 0.15) is 9.67 Å². The first-order chi connectivity index (χ1) is 8.74. The van der Waals surface area contributed by atoms with Gasteiger partial charge in [0.1, 0.15) is 0 Å². The molecule has 0 fully saturated rings. The van der Waals surface area contributed by atoms with Gasteiger partial charge in [-0.2, -0.15) is 0 Å². The van der Waals surface area contributed by atoms with Gasteiger partial charge in [0, 0.05) is 12.1 Å². The van der Waals surface area contributed by atoms with E-state index < -0.39 is 0 Å². The molecule has 0 unspecified atom stereocenters. The number of carbonyl (C=O) groups is 1. The molecule has 1 aromatic carbocycles. The van der Waals surface area contributed by atoms with Crippen molar-refractivity contribution in [2.45, 2.75) is 0 Å². The molecular formula is C12H8ClNO3S. The molecule has 0 spiro atoms. The van der Waals surface area contributed by atoms with Gasteiger partial charge in [0.25, 0.3) is 5.91 Å². The summed E-state index contributed by atoms with van der Waals surface area (Å²) in [4.78, 5) is 12.5. The largest absolute Gasteiger partial charge is 0.454 e. The summed E-state index contributed by atoms with van der Waals surface area (Å²) in [6.45, 7) is 0.175. The SMILES string of the molecule is O=C(Nc1cc2c(cc1Cl)OCO2)c1cccs1. The number of hydrogen-bond donors (Lipinski definition) is 1.